The zero-order valence-corrected chi connectivity index (χ0v) is 21.3. The number of aryl methyl sites for hydroxylation is 1. The van der Waals surface area contributed by atoms with Gasteiger partial charge < -0.3 is 19.9 Å². The highest BCUT2D eigenvalue weighted by molar-refractivity contribution is 7.99. The fourth-order valence-electron chi connectivity index (χ4n) is 3.40. The van der Waals surface area contributed by atoms with Crippen LogP contribution in [-0.2, 0) is 11.3 Å². The number of aromatic nitrogens is 3. The van der Waals surface area contributed by atoms with Crippen molar-refractivity contribution in [3.8, 4) is 5.75 Å². The molecule has 3 aromatic rings. The summed E-state index contributed by atoms with van der Waals surface area (Å²) in [6, 6.07) is 14.2. The Hall–Kier alpha value is -3.59. The lowest BCUT2D eigenvalue weighted by Gasteiger charge is -2.22. The van der Waals surface area contributed by atoms with E-state index in [0.29, 0.717) is 28.8 Å². The molecule has 9 heteroatoms. The Morgan fingerprint density at radius 3 is 2.40 bits per heavy atom. The second-order valence-electron chi connectivity index (χ2n) is 8.37. The molecule has 2 aromatic carbocycles. The number of hydrogen-bond donors (Lipinski definition) is 2. The van der Waals surface area contributed by atoms with Crippen molar-refractivity contribution in [2.75, 3.05) is 18.2 Å². The first-order chi connectivity index (χ1) is 16.8. The standard InChI is InChI=1S/C26H31N5O3S/c1-6-15-31-24(23(17(2)3)28-25(33)19-9-7-18(4)8-10-19)29-30-26(31)35-16-22(32)27-20-11-13-21(34-5)14-12-20/h6-14,17,23H,1,15-16H2,2-5H3,(H,27,32)(H,28,33)/t23-/m0/s1. The molecule has 0 radical (unpaired) electrons. The van der Waals surface area contributed by atoms with Crippen LogP contribution in [0, 0.1) is 12.8 Å². The quantitative estimate of drug-likeness (QED) is 0.298. The van der Waals surface area contributed by atoms with E-state index in [1.165, 1.54) is 11.8 Å². The second kappa shape index (κ2) is 12.2. The number of ether oxygens (including phenoxy) is 1. The molecule has 1 heterocycles. The first kappa shape index (κ1) is 26.0. The normalized spacial score (nSPS) is 11.7. The number of nitrogens with one attached hydrogen (secondary N) is 2. The Kier molecular flexibility index (Phi) is 9.08. The van der Waals surface area contributed by atoms with Crippen LogP contribution in [0.1, 0.15) is 41.6 Å². The van der Waals surface area contributed by atoms with Crippen molar-refractivity contribution in [1.82, 2.24) is 20.1 Å². The third kappa shape index (κ3) is 6.95. The number of rotatable bonds is 11. The lowest BCUT2D eigenvalue weighted by Crippen LogP contribution is -2.33. The summed E-state index contributed by atoms with van der Waals surface area (Å²) in [5.41, 5.74) is 2.36. The molecule has 1 atom stereocenters. The van der Waals surface area contributed by atoms with Gasteiger partial charge in [-0.15, -0.1) is 16.8 Å². The molecule has 35 heavy (non-hydrogen) atoms. The highest BCUT2D eigenvalue weighted by Crippen LogP contribution is 2.26. The Morgan fingerprint density at radius 1 is 1.11 bits per heavy atom. The number of carbonyl (C=O) groups is 2. The highest BCUT2D eigenvalue weighted by Gasteiger charge is 2.26. The van der Waals surface area contributed by atoms with Crippen LogP contribution in [-0.4, -0.2) is 39.4 Å². The molecule has 1 aromatic heterocycles. The Morgan fingerprint density at radius 2 is 1.80 bits per heavy atom. The average molecular weight is 494 g/mol. The lowest BCUT2D eigenvalue weighted by atomic mass is 10.0. The number of amides is 2. The zero-order chi connectivity index (χ0) is 25.4. The van der Waals surface area contributed by atoms with E-state index in [-0.39, 0.29) is 29.5 Å². The van der Waals surface area contributed by atoms with E-state index in [0.717, 1.165) is 11.3 Å². The van der Waals surface area contributed by atoms with Crippen molar-refractivity contribution >= 4 is 29.3 Å². The summed E-state index contributed by atoms with van der Waals surface area (Å²) in [5.74, 6) is 1.22. The van der Waals surface area contributed by atoms with Gasteiger partial charge in [-0.25, -0.2) is 0 Å². The second-order valence-corrected chi connectivity index (χ2v) is 9.31. The predicted octanol–water partition coefficient (Wildman–Crippen LogP) is 4.64. The maximum Gasteiger partial charge on any atom is 0.251 e. The largest absolute Gasteiger partial charge is 0.497 e. The monoisotopic (exact) mass is 493 g/mol. The van der Waals surface area contributed by atoms with Crippen molar-refractivity contribution < 1.29 is 14.3 Å². The van der Waals surface area contributed by atoms with E-state index in [4.69, 9.17) is 4.74 Å². The Labute approximate surface area is 210 Å². The van der Waals surface area contributed by atoms with Gasteiger partial charge in [0.15, 0.2) is 11.0 Å². The smallest absolute Gasteiger partial charge is 0.251 e. The molecule has 2 amide bonds. The number of allylic oxidation sites excluding steroid dienone is 1. The van der Waals surface area contributed by atoms with Crippen molar-refractivity contribution in [1.29, 1.82) is 0 Å². The van der Waals surface area contributed by atoms with E-state index in [1.807, 2.05) is 37.5 Å². The third-order valence-corrected chi connectivity index (χ3v) is 6.28. The van der Waals surface area contributed by atoms with E-state index >= 15 is 0 Å². The van der Waals surface area contributed by atoms with Crippen molar-refractivity contribution in [2.24, 2.45) is 5.92 Å². The summed E-state index contributed by atoms with van der Waals surface area (Å²) in [6.45, 7) is 10.3. The summed E-state index contributed by atoms with van der Waals surface area (Å²) < 4.78 is 7.03. The van der Waals surface area contributed by atoms with Crippen molar-refractivity contribution in [2.45, 2.75) is 38.5 Å². The summed E-state index contributed by atoms with van der Waals surface area (Å²) in [7, 11) is 1.59. The highest BCUT2D eigenvalue weighted by atomic mass is 32.2. The lowest BCUT2D eigenvalue weighted by molar-refractivity contribution is -0.113. The van der Waals surface area contributed by atoms with Gasteiger partial charge in [0.25, 0.3) is 5.91 Å². The number of carbonyl (C=O) groups excluding carboxylic acids is 2. The van der Waals surface area contributed by atoms with Crippen LogP contribution in [0.4, 0.5) is 5.69 Å². The summed E-state index contributed by atoms with van der Waals surface area (Å²) >= 11 is 1.28. The number of methoxy groups -OCH3 is 1. The van der Waals surface area contributed by atoms with Crippen LogP contribution in [0.2, 0.25) is 0 Å². The molecule has 0 aliphatic carbocycles. The van der Waals surface area contributed by atoms with Gasteiger partial charge in [0.2, 0.25) is 5.91 Å². The Balaban J connectivity index is 1.72. The van der Waals surface area contributed by atoms with Crippen LogP contribution in [0.25, 0.3) is 0 Å². The molecule has 0 saturated carbocycles. The molecule has 0 aliphatic rings. The number of nitrogens with zero attached hydrogens (tertiary/aromatic N) is 3. The summed E-state index contributed by atoms with van der Waals surface area (Å²) in [6.07, 6.45) is 1.74. The molecular weight excluding hydrogens is 462 g/mol. The topological polar surface area (TPSA) is 98.1 Å². The fraction of sp³-hybridized carbons (Fsp3) is 0.308. The van der Waals surface area contributed by atoms with E-state index < -0.39 is 0 Å². The molecule has 0 unspecified atom stereocenters. The van der Waals surface area contributed by atoms with Gasteiger partial charge in [-0.1, -0.05) is 49.4 Å². The number of anilines is 1. The summed E-state index contributed by atoms with van der Waals surface area (Å²) in [5, 5.41) is 15.2. The molecule has 0 aliphatic heterocycles. The van der Waals surface area contributed by atoms with Gasteiger partial charge in [0.05, 0.1) is 18.9 Å². The molecule has 0 spiro atoms. The van der Waals surface area contributed by atoms with Gasteiger partial charge in [-0.05, 0) is 49.2 Å². The van der Waals surface area contributed by atoms with Crippen molar-refractivity contribution in [3.05, 3.63) is 78.1 Å². The molecule has 3 rings (SSSR count). The van der Waals surface area contributed by atoms with Gasteiger partial charge in [-0.3, -0.25) is 9.59 Å². The first-order valence-electron chi connectivity index (χ1n) is 11.3. The fourth-order valence-corrected chi connectivity index (χ4v) is 4.15. The van der Waals surface area contributed by atoms with E-state index in [9.17, 15) is 9.59 Å². The van der Waals surface area contributed by atoms with Crippen LogP contribution in [0.3, 0.4) is 0 Å². The van der Waals surface area contributed by atoms with Gasteiger partial charge >= 0.3 is 0 Å². The third-order valence-electron chi connectivity index (χ3n) is 5.31. The Bertz CT molecular complexity index is 1160. The first-order valence-corrected chi connectivity index (χ1v) is 12.3. The minimum absolute atomic E-state index is 0.0633. The molecule has 2 N–H and O–H groups in total. The van der Waals surface area contributed by atoms with Crippen LogP contribution in [0.15, 0.2) is 66.3 Å². The minimum atomic E-state index is -0.362. The SMILES string of the molecule is C=CCn1c(SCC(=O)Nc2ccc(OC)cc2)nnc1[C@@H](NC(=O)c1ccc(C)cc1)C(C)C. The van der Waals surface area contributed by atoms with E-state index in [2.05, 4.69) is 27.4 Å². The minimum Gasteiger partial charge on any atom is -0.497 e. The maximum absolute atomic E-state index is 12.9. The molecule has 0 bridgehead atoms. The molecule has 0 fully saturated rings. The van der Waals surface area contributed by atoms with Crippen LogP contribution < -0.4 is 15.4 Å². The summed E-state index contributed by atoms with van der Waals surface area (Å²) in [4.78, 5) is 25.4. The van der Waals surface area contributed by atoms with Gasteiger partial charge in [0, 0.05) is 17.8 Å². The van der Waals surface area contributed by atoms with Gasteiger partial charge in [0.1, 0.15) is 5.75 Å². The molecule has 8 nitrogen and oxygen atoms in total. The van der Waals surface area contributed by atoms with Crippen molar-refractivity contribution in [3.63, 3.8) is 0 Å². The average Bonchev–Trinajstić information content (AvgIpc) is 3.24. The number of benzene rings is 2. The van der Waals surface area contributed by atoms with Gasteiger partial charge in [-0.2, -0.15) is 0 Å². The molecule has 0 saturated heterocycles. The van der Waals surface area contributed by atoms with E-state index in [1.54, 1.807) is 49.6 Å². The zero-order valence-electron chi connectivity index (χ0n) is 20.4. The molecule has 184 valence electrons. The predicted molar refractivity (Wildman–Crippen MR) is 139 cm³/mol. The van der Waals surface area contributed by atoms with Crippen LogP contribution >= 0.6 is 11.8 Å². The number of hydrogen-bond acceptors (Lipinski definition) is 6. The number of thioether (sulfide) groups is 1. The maximum atomic E-state index is 12.9. The van der Waals surface area contributed by atoms with Crippen LogP contribution in [0.5, 0.6) is 5.75 Å². The molecular formula is C26H31N5O3S.